The molecule has 224 valence electrons. The third-order valence-electron chi connectivity index (χ3n) is 6.84. The predicted molar refractivity (Wildman–Crippen MR) is 153 cm³/mol. The summed E-state index contributed by atoms with van der Waals surface area (Å²) in [5.41, 5.74) is -3.62. The Morgan fingerprint density at radius 1 is 1.12 bits per heavy atom. The number of carbonyl (C=O) groups is 2. The van der Waals surface area contributed by atoms with Crippen molar-refractivity contribution in [1.82, 2.24) is 9.55 Å². The number of nitriles is 1. The highest BCUT2D eigenvalue weighted by Gasteiger charge is 2.52. The minimum Gasteiger partial charge on any atom is -0.374 e. The third-order valence-corrected chi connectivity index (χ3v) is 7.21. The van der Waals surface area contributed by atoms with Crippen molar-refractivity contribution in [3.63, 3.8) is 0 Å². The molecule has 0 bridgehead atoms. The molecule has 0 saturated carbocycles. The number of rotatable bonds is 10. The summed E-state index contributed by atoms with van der Waals surface area (Å²) in [6.07, 6.45) is -0.152. The zero-order valence-corrected chi connectivity index (χ0v) is 23.8. The number of thiocarbonyl (C=S) groups is 1. The number of ether oxygens (including phenoxy) is 1. The molecule has 0 spiro atoms. The lowest BCUT2D eigenvalue weighted by Crippen LogP contribution is -2.44. The van der Waals surface area contributed by atoms with Crippen molar-refractivity contribution < 1.29 is 31.9 Å². The largest absolute Gasteiger partial charge is 0.420 e. The van der Waals surface area contributed by atoms with Crippen molar-refractivity contribution in [3.8, 4) is 17.3 Å². The van der Waals surface area contributed by atoms with Crippen LogP contribution in [0.4, 0.5) is 28.9 Å². The lowest BCUT2D eigenvalue weighted by atomic mass is 10.0. The summed E-state index contributed by atoms with van der Waals surface area (Å²) in [6, 6.07) is 9.28. The van der Waals surface area contributed by atoms with E-state index in [1.54, 1.807) is 24.4 Å². The van der Waals surface area contributed by atoms with Crippen molar-refractivity contribution >= 4 is 40.9 Å². The zero-order chi connectivity index (χ0) is 31.5. The average molecular weight is 616 g/mol. The SMILES string of the molecule is CC1(C)C(=O)N(c2ccc(C#N)c(C(F)(F)F)c2F)C(=S)N1c1ccc(-c2ccc(=O)n(CCCCOCC=O)c2)nc1. The number of aromatic nitrogens is 2. The van der Waals surface area contributed by atoms with Gasteiger partial charge in [0, 0.05) is 31.0 Å². The van der Waals surface area contributed by atoms with Gasteiger partial charge in [-0.2, -0.15) is 18.4 Å². The second-order valence-corrected chi connectivity index (χ2v) is 10.4. The first-order valence-corrected chi connectivity index (χ1v) is 13.4. The molecule has 14 heteroatoms. The van der Waals surface area contributed by atoms with Gasteiger partial charge in [-0.05, 0) is 69.2 Å². The van der Waals surface area contributed by atoms with Crippen LogP contribution in [0.25, 0.3) is 11.3 Å². The maximum Gasteiger partial charge on any atom is 0.420 e. The number of aldehydes is 1. The maximum absolute atomic E-state index is 15.2. The van der Waals surface area contributed by atoms with E-state index >= 15 is 4.39 Å². The second-order valence-electron chi connectivity index (χ2n) is 10.0. The highest BCUT2D eigenvalue weighted by atomic mass is 32.1. The summed E-state index contributed by atoms with van der Waals surface area (Å²) in [5.74, 6) is -2.56. The summed E-state index contributed by atoms with van der Waals surface area (Å²) in [4.78, 5) is 42.6. The van der Waals surface area contributed by atoms with Gasteiger partial charge in [0.15, 0.2) is 10.9 Å². The Kier molecular flexibility index (Phi) is 9.07. The van der Waals surface area contributed by atoms with Crippen LogP contribution in [-0.2, 0) is 27.0 Å². The minimum atomic E-state index is -5.18. The quantitative estimate of drug-likeness (QED) is 0.138. The number of alkyl halides is 3. The summed E-state index contributed by atoms with van der Waals surface area (Å²) < 4.78 is 62.7. The Labute approximate surface area is 248 Å². The fraction of sp³-hybridized carbons (Fsp3) is 0.310. The zero-order valence-electron chi connectivity index (χ0n) is 23.0. The molecule has 0 N–H and O–H groups in total. The van der Waals surface area contributed by atoms with Crippen molar-refractivity contribution in [1.29, 1.82) is 5.26 Å². The topological polar surface area (TPSA) is 109 Å². The van der Waals surface area contributed by atoms with Gasteiger partial charge in [-0.15, -0.1) is 0 Å². The number of amides is 1. The summed E-state index contributed by atoms with van der Waals surface area (Å²) >= 11 is 5.47. The number of pyridine rings is 2. The van der Waals surface area contributed by atoms with Crippen LogP contribution in [0.3, 0.4) is 0 Å². The van der Waals surface area contributed by atoms with Crippen molar-refractivity contribution in [2.75, 3.05) is 23.0 Å². The van der Waals surface area contributed by atoms with Crippen LogP contribution in [0.15, 0.2) is 53.6 Å². The van der Waals surface area contributed by atoms with Crippen LogP contribution in [0.5, 0.6) is 0 Å². The Morgan fingerprint density at radius 3 is 2.49 bits per heavy atom. The van der Waals surface area contributed by atoms with Crippen LogP contribution in [0.2, 0.25) is 0 Å². The summed E-state index contributed by atoms with van der Waals surface area (Å²) in [6.45, 7) is 3.81. The first-order valence-electron chi connectivity index (χ1n) is 13.0. The molecule has 43 heavy (non-hydrogen) atoms. The Morgan fingerprint density at radius 2 is 1.86 bits per heavy atom. The van der Waals surface area contributed by atoms with Gasteiger partial charge in [-0.1, -0.05) is 0 Å². The van der Waals surface area contributed by atoms with E-state index in [4.69, 9.17) is 22.2 Å². The number of carbonyl (C=O) groups excluding carboxylic acids is 2. The number of nitrogens with zero attached hydrogens (tertiary/aromatic N) is 5. The fourth-order valence-corrected chi connectivity index (χ4v) is 5.23. The van der Waals surface area contributed by atoms with E-state index in [9.17, 15) is 27.6 Å². The van der Waals surface area contributed by atoms with E-state index < -0.39 is 40.3 Å². The van der Waals surface area contributed by atoms with Gasteiger partial charge in [0.1, 0.15) is 24.0 Å². The number of halogens is 4. The molecular formula is C29H25F4N5O4S. The summed E-state index contributed by atoms with van der Waals surface area (Å²) in [7, 11) is 0. The number of hydrogen-bond donors (Lipinski definition) is 0. The normalized spacial score (nSPS) is 14.7. The molecule has 1 fully saturated rings. The van der Waals surface area contributed by atoms with Gasteiger partial charge in [0.2, 0.25) is 0 Å². The van der Waals surface area contributed by atoms with Crippen molar-refractivity contribution in [2.24, 2.45) is 0 Å². The molecule has 4 rings (SSSR count). The summed E-state index contributed by atoms with van der Waals surface area (Å²) in [5, 5.41) is 8.81. The first kappa shape index (κ1) is 31.5. The Hall–Kier alpha value is -4.48. The number of aryl methyl sites for hydroxylation is 1. The van der Waals surface area contributed by atoms with Crippen LogP contribution in [-0.4, -0.2) is 45.6 Å². The van der Waals surface area contributed by atoms with Gasteiger partial charge in [-0.25, -0.2) is 4.39 Å². The molecule has 0 atom stereocenters. The van der Waals surface area contributed by atoms with Crippen LogP contribution >= 0.6 is 12.2 Å². The lowest BCUT2D eigenvalue weighted by molar-refractivity contribution is -0.140. The molecule has 1 amide bonds. The van der Waals surface area contributed by atoms with Crippen LogP contribution < -0.4 is 15.4 Å². The first-order chi connectivity index (χ1) is 20.3. The molecular weight excluding hydrogens is 590 g/mol. The van der Waals surface area contributed by atoms with Gasteiger partial charge in [0.05, 0.1) is 34.9 Å². The number of benzene rings is 1. The van der Waals surface area contributed by atoms with Gasteiger partial charge in [0.25, 0.3) is 11.5 Å². The predicted octanol–water partition coefficient (Wildman–Crippen LogP) is 4.85. The number of unbranched alkanes of at least 4 members (excludes halogenated alkanes) is 1. The number of hydrogen-bond acceptors (Lipinski definition) is 7. The van der Waals surface area contributed by atoms with E-state index in [0.29, 0.717) is 54.1 Å². The molecule has 1 aliphatic rings. The lowest BCUT2D eigenvalue weighted by Gasteiger charge is -2.29. The number of anilines is 2. The highest BCUT2D eigenvalue weighted by Crippen LogP contribution is 2.41. The van der Waals surface area contributed by atoms with Crippen molar-refractivity contribution in [3.05, 3.63) is 76.1 Å². The van der Waals surface area contributed by atoms with E-state index in [1.807, 2.05) is 0 Å². The van der Waals surface area contributed by atoms with E-state index in [2.05, 4.69) is 4.98 Å². The molecule has 1 aliphatic heterocycles. The van der Waals surface area contributed by atoms with Gasteiger partial charge in [-0.3, -0.25) is 19.5 Å². The monoisotopic (exact) mass is 615 g/mol. The minimum absolute atomic E-state index is 0.0218. The molecule has 0 aliphatic carbocycles. The van der Waals surface area contributed by atoms with E-state index in [1.165, 1.54) is 41.6 Å². The standard InChI is InChI=1S/C29H25F4N5O4S/c1-28(2)26(41)37(22-9-5-18(15-34)24(25(22)30)29(31,32)33)27(43)38(28)20-7-8-21(35-16-20)19-6-10-23(40)36(17-19)11-3-4-13-42-14-12-39/h5-10,12,16-17H,3-4,11,13-14H2,1-2H3. The van der Waals surface area contributed by atoms with Gasteiger partial charge >= 0.3 is 6.18 Å². The fourth-order valence-electron chi connectivity index (χ4n) is 4.71. The molecule has 1 aromatic carbocycles. The molecule has 0 unspecified atom stereocenters. The second kappa shape index (κ2) is 12.4. The Bertz CT molecular complexity index is 1670. The van der Waals surface area contributed by atoms with Crippen molar-refractivity contribution in [2.45, 2.75) is 44.9 Å². The average Bonchev–Trinajstić information content (AvgIpc) is 3.13. The van der Waals surface area contributed by atoms with Gasteiger partial charge < -0.3 is 19.0 Å². The highest BCUT2D eigenvalue weighted by molar-refractivity contribution is 7.81. The molecule has 3 heterocycles. The van der Waals surface area contributed by atoms with Crippen LogP contribution in [0.1, 0.15) is 37.8 Å². The molecule has 1 saturated heterocycles. The maximum atomic E-state index is 15.2. The molecule has 2 aromatic heterocycles. The Balaban J connectivity index is 1.60. The smallest absolute Gasteiger partial charge is 0.374 e. The molecule has 9 nitrogen and oxygen atoms in total. The van der Waals surface area contributed by atoms with E-state index in [0.717, 1.165) is 12.1 Å². The van der Waals surface area contributed by atoms with E-state index in [-0.39, 0.29) is 17.3 Å². The molecule has 3 aromatic rings. The molecule has 0 radical (unpaired) electrons. The third kappa shape index (κ3) is 6.18. The van der Waals surface area contributed by atoms with Crippen LogP contribution in [0, 0.1) is 17.1 Å².